The van der Waals surface area contributed by atoms with E-state index in [1.807, 2.05) is 18.3 Å². The van der Waals surface area contributed by atoms with Crippen LogP contribution in [0.25, 0.3) is 10.9 Å². The summed E-state index contributed by atoms with van der Waals surface area (Å²) in [4.78, 5) is 8.51. The van der Waals surface area contributed by atoms with Gasteiger partial charge in [0.15, 0.2) is 5.75 Å². The fourth-order valence-corrected chi connectivity index (χ4v) is 1.88. The molecule has 1 aliphatic rings. The van der Waals surface area contributed by atoms with Crippen molar-refractivity contribution in [1.82, 2.24) is 10.5 Å². The highest BCUT2D eigenvalue weighted by atomic mass is 16.7. The summed E-state index contributed by atoms with van der Waals surface area (Å²) in [6, 6.07) is 6.38. The predicted molar refractivity (Wildman–Crippen MR) is 50.5 cm³/mol. The number of benzene rings is 1. The van der Waals surface area contributed by atoms with Gasteiger partial charge in [-0.3, -0.25) is 0 Å². The van der Waals surface area contributed by atoms with Crippen molar-refractivity contribution >= 4 is 10.9 Å². The lowest BCUT2D eigenvalue weighted by molar-refractivity contribution is 0.200. The fraction of sp³-hybridized carbons (Fsp3) is 0.200. The van der Waals surface area contributed by atoms with E-state index in [2.05, 4.69) is 23.5 Å². The SMILES string of the molecule is CC1NOc2ccc3[nH]ccc3c21. The third kappa shape index (κ3) is 0.820. The van der Waals surface area contributed by atoms with Crippen LogP contribution < -0.4 is 10.3 Å². The van der Waals surface area contributed by atoms with Crippen LogP contribution in [-0.4, -0.2) is 4.98 Å². The molecule has 1 unspecified atom stereocenters. The van der Waals surface area contributed by atoms with Gasteiger partial charge < -0.3 is 9.82 Å². The summed E-state index contributed by atoms with van der Waals surface area (Å²) >= 11 is 0. The quantitative estimate of drug-likeness (QED) is 0.642. The molecule has 3 heteroatoms. The number of H-pyrrole nitrogens is 1. The number of hydrogen-bond donors (Lipinski definition) is 2. The van der Waals surface area contributed by atoms with Crippen LogP contribution in [0.15, 0.2) is 24.4 Å². The van der Waals surface area contributed by atoms with Crippen molar-refractivity contribution in [2.75, 3.05) is 0 Å². The molecule has 0 radical (unpaired) electrons. The number of fused-ring (bicyclic) bond motifs is 3. The Morgan fingerprint density at radius 2 is 2.23 bits per heavy atom. The summed E-state index contributed by atoms with van der Waals surface area (Å²) in [6.45, 7) is 2.10. The summed E-state index contributed by atoms with van der Waals surface area (Å²) in [5.41, 5.74) is 5.37. The Labute approximate surface area is 75.7 Å². The molecule has 0 aliphatic carbocycles. The molecular formula is C10H10N2O. The minimum absolute atomic E-state index is 0.273. The Morgan fingerprint density at radius 1 is 1.31 bits per heavy atom. The fourth-order valence-electron chi connectivity index (χ4n) is 1.88. The van der Waals surface area contributed by atoms with Crippen LogP contribution in [0.3, 0.4) is 0 Å². The van der Waals surface area contributed by atoms with Gasteiger partial charge in [0.25, 0.3) is 0 Å². The van der Waals surface area contributed by atoms with Crippen molar-refractivity contribution < 1.29 is 4.84 Å². The molecule has 0 bridgehead atoms. The first-order valence-electron chi connectivity index (χ1n) is 4.38. The number of hydroxylamine groups is 1. The third-order valence-electron chi connectivity index (χ3n) is 2.51. The van der Waals surface area contributed by atoms with E-state index in [0.29, 0.717) is 0 Å². The maximum absolute atomic E-state index is 5.32. The molecule has 0 amide bonds. The second-order valence-corrected chi connectivity index (χ2v) is 3.36. The van der Waals surface area contributed by atoms with Crippen molar-refractivity contribution in [2.24, 2.45) is 0 Å². The number of aromatic amines is 1. The molecule has 3 rings (SSSR count). The van der Waals surface area contributed by atoms with Crippen LogP contribution in [0.4, 0.5) is 0 Å². The molecule has 0 spiro atoms. The first kappa shape index (κ1) is 6.97. The average Bonchev–Trinajstić information content (AvgIpc) is 2.70. The highest BCUT2D eigenvalue weighted by molar-refractivity contribution is 5.86. The van der Waals surface area contributed by atoms with Gasteiger partial charge in [0.2, 0.25) is 0 Å². The van der Waals surface area contributed by atoms with Crippen molar-refractivity contribution in [2.45, 2.75) is 13.0 Å². The van der Waals surface area contributed by atoms with E-state index in [1.54, 1.807) is 0 Å². The van der Waals surface area contributed by atoms with Gasteiger partial charge in [-0.25, -0.2) is 0 Å². The topological polar surface area (TPSA) is 37.0 Å². The Kier molecular flexibility index (Phi) is 1.21. The van der Waals surface area contributed by atoms with Gasteiger partial charge in [-0.15, -0.1) is 5.48 Å². The Bertz CT molecular complexity index is 461. The van der Waals surface area contributed by atoms with Crippen LogP contribution in [0.1, 0.15) is 18.5 Å². The summed E-state index contributed by atoms with van der Waals surface area (Å²) in [5, 5.41) is 1.25. The molecular weight excluding hydrogens is 164 g/mol. The number of rotatable bonds is 0. The first-order valence-corrected chi connectivity index (χ1v) is 4.38. The molecule has 2 N–H and O–H groups in total. The van der Waals surface area contributed by atoms with Gasteiger partial charge >= 0.3 is 0 Å². The van der Waals surface area contributed by atoms with Gasteiger partial charge in [-0.2, -0.15) is 0 Å². The zero-order valence-corrected chi connectivity index (χ0v) is 7.29. The molecule has 0 saturated carbocycles. The molecule has 0 fully saturated rings. The monoisotopic (exact) mass is 174 g/mol. The summed E-state index contributed by atoms with van der Waals surface area (Å²) in [7, 11) is 0. The molecule has 1 atom stereocenters. The molecule has 3 nitrogen and oxygen atoms in total. The second-order valence-electron chi connectivity index (χ2n) is 3.36. The zero-order chi connectivity index (χ0) is 8.84. The Morgan fingerprint density at radius 3 is 3.15 bits per heavy atom. The number of aromatic nitrogens is 1. The second kappa shape index (κ2) is 2.26. The largest absolute Gasteiger partial charge is 0.408 e. The van der Waals surface area contributed by atoms with Gasteiger partial charge in [-0.05, 0) is 25.1 Å². The minimum Gasteiger partial charge on any atom is -0.408 e. The lowest BCUT2D eigenvalue weighted by Gasteiger charge is -2.00. The van der Waals surface area contributed by atoms with Crippen LogP contribution in [0.5, 0.6) is 5.75 Å². The molecule has 1 aromatic carbocycles. The van der Waals surface area contributed by atoms with Crippen LogP contribution in [0, 0.1) is 0 Å². The Hall–Kier alpha value is -1.48. The van der Waals surface area contributed by atoms with Gasteiger partial charge in [0.05, 0.1) is 6.04 Å². The summed E-state index contributed by atoms with van der Waals surface area (Å²) in [6.07, 6.45) is 1.95. The average molecular weight is 174 g/mol. The van der Waals surface area contributed by atoms with E-state index in [4.69, 9.17) is 4.84 Å². The van der Waals surface area contributed by atoms with E-state index in [0.717, 1.165) is 11.3 Å². The highest BCUT2D eigenvalue weighted by Crippen LogP contribution is 2.36. The van der Waals surface area contributed by atoms with E-state index in [9.17, 15) is 0 Å². The summed E-state index contributed by atoms with van der Waals surface area (Å²) in [5.74, 6) is 0.944. The van der Waals surface area contributed by atoms with Crippen molar-refractivity contribution in [1.29, 1.82) is 0 Å². The van der Waals surface area contributed by atoms with Crippen molar-refractivity contribution in [3.63, 3.8) is 0 Å². The van der Waals surface area contributed by atoms with E-state index in [1.165, 1.54) is 10.9 Å². The van der Waals surface area contributed by atoms with Gasteiger partial charge in [0, 0.05) is 22.7 Å². The molecule has 13 heavy (non-hydrogen) atoms. The van der Waals surface area contributed by atoms with Crippen LogP contribution >= 0.6 is 0 Å². The van der Waals surface area contributed by atoms with Gasteiger partial charge in [-0.1, -0.05) is 0 Å². The smallest absolute Gasteiger partial charge is 0.152 e. The number of nitrogens with one attached hydrogen (secondary N) is 2. The standard InChI is InChI=1S/C10H10N2O/c1-6-10-7-4-5-11-8(7)2-3-9(10)13-12-6/h2-6,11-12H,1H3. The van der Waals surface area contributed by atoms with E-state index >= 15 is 0 Å². The molecule has 1 aliphatic heterocycles. The van der Waals surface area contributed by atoms with Crippen LogP contribution in [-0.2, 0) is 0 Å². The molecule has 1 aromatic heterocycles. The maximum atomic E-state index is 5.32. The van der Waals surface area contributed by atoms with E-state index in [-0.39, 0.29) is 6.04 Å². The van der Waals surface area contributed by atoms with Crippen molar-refractivity contribution in [3.05, 3.63) is 30.0 Å². The molecule has 2 heterocycles. The normalized spacial score (nSPS) is 20.2. The molecule has 66 valence electrons. The third-order valence-corrected chi connectivity index (χ3v) is 2.51. The Balaban J connectivity index is 2.42. The zero-order valence-electron chi connectivity index (χ0n) is 7.29. The highest BCUT2D eigenvalue weighted by Gasteiger charge is 2.22. The number of hydrogen-bond acceptors (Lipinski definition) is 2. The lowest BCUT2D eigenvalue weighted by Crippen LogP contribution is -2.13. The van der Waals surface area contributed by atoms with E-state index < -0.39 is 0 Å². The van der Waals surface area contributed by atoms with Crippen LogP contribution in [0.2, 0.25) is 0 Å². The maximum Gasteiger partial charge on any atom is 0.152 e. The van der Waals surface area contributed by atoms with Crippen molar-refractivity contribution in [3.8, 4) is 5.75 Å². The first-order chi connectivity index (χ1) is 6.36. The molecule has 2 aromatic rings. The van der Waals surface area contributed by atoms with Gasteiger partial charge in [0.1, 0.15) is 0 Å². The lowest BCUT2D eigenvalue weighted by atomic mass is 10.0. The predicted octanol–water partition coefficient (Wildman–Crippen LogP) is 2.13. The molecule has 0 saturated heterocycles. The summed E-state index contributed by atoms with van der Waals surface area (Å²) < 4.78 is 0. The minimum atomic E-state index is 0.273.